The molecule has 20 heavy (non-hydrogen) atoms. The van der Waals surface area contributed by atoms with Crippen LogP contribution < -0.4 is 5.32 Å². The molecule has 0 aliphatic carbocycles. The van der Waals surface area contributed by atoms with Gasteiger partial charge >= 0.3 is 5.97 Å². The van der Waals surface area contributed by atoms with Gasteiger partial charge in [0.25, 0.3) is 0 Å². The van der Waals surface area contributed by atoms with Crippen LogP contribution in [0.5, 0.6) is 0 Å². The van der Waals surface area contributed by atoms with Gasteiger partial charge in [-0.3, -0.25) is 4.79 Å². The van der Waals surface area contributed by atoms with E-state index in [-0.39, 0.29) is 5.97 Å². The Morgan fingerprint density at radius 1 is 1.45 bits per heavy atom. The van der Waals surface area contributed by atoms with Crippen LogP contribution in [0.1, 0.15) is 39.5 Å². The number of hydrogen-bond donors (Lipinski definition) is 1. The zero-order chi connectivity index (χ0) is 15.0. The SMILES string of the molecule is CCOC(=O)C(C)(CCCN(C)C1CCOCC1)NC. The smallest absolute Gasteiger partial charge is 0.326 e. The highest BCUT2D eigenvalue weighted by Crippen LogP contribution is 2.17. The van der Waals surface area contributed by atoms with Crippen molar-refractivity contribution in [2.24, 2.45) is 0 Å². The second kappa shape index (κ2) is 8.60. The molecule has 0 aromatic heterocycles. The number of carbonyl (C=O) groups excluding carboxylic acids is 1. The number of rotatable bonds is 8. The molecule has 5 nitrogen and oxygen atoms in total. The molecule has 0 spiro atoms. The first-order valence-electron chi connectivity index (χ1n) is 7.67. The van der Waals surface area contributed by atoms with Crippen molar-refractivity contribution in [3.05, 3.63) is 0 Å². The van der Waals surface area contributed by atoms with Crippen LogP contribution in [-0.2, 0) is 14.3 Å². The molecule has 1 atom stereocenters. The third-order valence-corrected chi connectivity index (χ3v) is 4.28. The molecule has 0 saturated carbocycles. The van der Waals surface area contributed by atoms with Gasteiger partial charge < -0.3 is 19.7 Å². The van der Waals surface area contributed by atoms with Gasteiger partial charge in [0.2, 0.25) is 0 Å². The molecule has 1 N–H and O–H groups in total. The molecule has 0 bridgehead atoms. The molecule has 1 fully saturated rings. The number of ether oxygens (including phenoxy) is 2. The summed E-state index contributed by atoms with van der Waals surface area (Å²) in [7, 11) is 3.98. The Hall–Kier alpha value is -0.650. The van der Waals surface area contributed by atoms with Gasteiger partial charge in [-0.2, -0.15) is 0 Å². The van der Waals surface area contributed by atoms with E-state index < -0.39 is 5.54 Å². The highest BCUT2D eigenvalue weighted by Gasteiger charge is 2.32. The van der Waals surface area contributed by atoms with Crippen LogP contribution in [0.2, 0.25) is 0 Å². The summed E-state index contributed by atoms with van der Waals surface area (Å²) in [6.07, 6.45) is 3.98. The van der Waals surface area contributed by atoms with E-state index in [0.717, 1.165) is 45.4 Å². The monoisotopic (exact) mass is 286 g/mol. The van der Waals surface area contributed by atoms with Crippen LogP contribution in [0.25, 0.3) is 0 Å². The van der Waals surface area contributed by atoms with Crippen molar-refractivity contribution in [2.45, 2.75) is 51.1 Å². The van der Waals surface area contributed by atoms with Crippen molar-refractivity contribution in [3.8, 4) is 0 Å². The summed E-state index contributed by atoms with van der Waals surface area (Å²) in [5.41, 5.74) is -0.577. The standard InChI is InChI=1S/C15H30N2O3/c1-5-20-14(18)15(2,16-3)9-6-10-17(4)13-7-11-19-12-8-13/h13,16H,5-12H2,1-4H3. The summed E-state index contributed by atoms with van der Waals surface area (Å²) < 4.78 is 10.5. The molecule has 0 radical (unpaired) electrons. The van der Waals surface area contributed by atoms with E-state index in [0.29, 0.717) is 12.6 Å². The molecule has 1 heterocycles. The summed E-state index contributed by atoms with van der Waals surface area (Å²) in [6, 6.07) is 0.618. The summed E-state index contributed by atoms with van der Waals surface area (Å²) in [5.74, 6) is -0.156. The number of esters is 1. The second-order valence-corrected chi connectivity index (χ2v) is 5.73. The Morgan fingerprint density at radius 3 is 2.65 bits per heavy atom. The van der Waals surface area contributed by atoms with E-state index >= 15 is 0 Å². The van der Waals surface area contributed by atoms with Gasteiger partial charge in [0, 0.05) is 19.3 Å². The fourth-order valence-corrected chi connectivity index (χ4v) is 2.61. The second-order valence-electron chi connectivity index (χ2n) is 5.73. The lowest BCUT2D eigenvalue weighted by atomic mass is 9.95. The fraction of sp³-hybridized carbons (Fsp3) is 0.933. The Labute approximate surface area is 123 Å². The minimum absolute atomic E-state index is 0.156. The molecule has 1 saturated heterocycles. The van der Waals surface area contributed by atoms with E-state index in [1.807, 2.05) is 20.9 Å². The minimum atomic E-state index is -0.577. The first kappa shape index (κ1) is 17.4. The molecule has 1 aliphatic rings. The maximum atomic E-state index is 12.0. The van der Waals surface area contributed by atoms with Crippen LogP contribution in [0.15, 0.2) is 0 Å². The van der Waals surface area contributed by atoms with Gasteiger partial charge in [0.1, 0.15) is 5.54 Å². The summed E-state index contributed by atoms with van der Waals surface area (Å²) in [5, 5.41) is 3.10. The van der Waals surface area contributed by atoms with Crippen LogP contribution in [-0.4, -0.2) is 62.9 Å². The Bertz CT molecular complexity index is 293. The largest absolute Gasteiger partial charge is 0.465 e. The highest BCUT2D eigenvalue weighted by molar-refractivity contribution is 5.80. The molecule has 0 aromatic carbocycles. The molecule has 0 amide bonds. The van der Waals surface area contributed by atoms with E-state index in [1.54, 1.807) is 0 Å². The van der Waals surface area contributed by atoms with Crippen LogP contribution in [0.4, 0.5) is 0 Å². The van der Waals surface area contributed by atoms with E-state index in [9.17, 15) is 4.79 Å². The van der Waals surface area contributed by atoms with Crippen molar-refractivity contribution >= 4 is 5.97 Å². The summed E-state index contributed by atoms with van der Waals surface area (Å²) in [6.45, 7) is 6.92. The number of hydrogen-bond acceptors (Lipinski definition) is 5. The lowest BCUT2D eigenvalue weighted by molar-refractivity contribution is -0.150. The first-order chi connectivity index (χ1) is 9.53. The number of nitrogens with one attached hydrogen (secondary N) is 1. The molecule has 5 heteroatoms. The predicted octanol–water partition coefficient (Wildman–Crippen LogP) is 1.42. The summed E-state index contributed by atoms with van der Waals surface area (Å²) in [4.78, 5) is 14.4. The predicted molar refractivity (Wildman–Crippen MR) is 79.8 cm³/mol. The topological polar surface area (TPSA) is 50.8 Å². The molecule has 1 aliphatic heterocycles. The van der Waals surface area contributed by atoms with E-state index in [4.69, 9.17) is 9.47 Å². The zero-order valence-electron chi connectivity index (χ0n) is 13.4. The lowest BCUT2D eigenvalue weighted by Crippen LogP contribution is -2.49. The molecular weight excluding hydrogens is 256 g/mol. The molecular formula is C15H30N2O3. The van der Waals surface area contributed by atoms with Crippen molar-refractivity contribution in [3.63, 3.8) is 0 Å². The average Bonchev–Trinajstić information content (AvgIpc) is 2.48. The zero-order valence-corrected chi connectivity index (χ0v) is 13.4. The molecule has 1 rings (SSSR count). The van der Waals surface area contributed by atoms with Gasteiger partial charge in [-0.15, -0.1) is 0 Å². The molecule has 118 valence electrons. The number of nitrogens with zero attached hydrogens (tertiary/aromatic N) is 1. The Balaban J connectivity index is 2.34. The number of likely N-dealkylation sites (N-methyl/N-ethyl adjacent to an activating group) is 1. The van der Waals surface area contributed by atoms with Crippen LogP contribution >= 0.6 is 0 Å². The van der Waals surface area contributed by atoms with Crippen LogP contribution in [0, 0.1) is 0 Å². The Kier molecular flexibility index (Phi) is 7.48. The quantitative estimate of drug-likeness (QED) is 0.684. The minimum Gasteiger partial charge on any atom is -0.465 e. The number of carbonyl (C=O) groups is 1. The van der Waals surface area contributed by atoms with E-state index in [2.05, 4.69) is 17.3 Å². The highest BCUT2D eigenvalue weighted by atomic mass is 16.5. The fourth-order valence-electron chi connectivity index (χ4n) is 2.61. The van der Waals surface area contributed by atoms with Crippen molar-refractivity contribution in [1.29, 1.82) is 0 Å². The van der Waals surface area contributed by atoms with Crippen molar-refractivity contribution in [1.82, 2.24) is 10.2 Å². The maximum absolute atomic E-state index is 12.0. The van der Waals surface area contributed by atoms with Gasteiger partial charge in [-0.05, 0) is 60.2 Å². The average molecular weight is 286 g/mol. The summed E-state index contributed by atoms with van der Waals surface area (Å²) >= 11 is 0. The van der Waals surface area contributed by atoms with Gasteiger partial charge in [-0.25, -0.2) is 0 Å². The molecule has 0 aromatic rings. The van der Waals surface area contributed by atoms with Crippen molar-refractivity contribution in [2.75, 3.05) is 40.5 Å². The third-order valence-electron chi connectivity index (χ3n) is 4.28. The van der Waals surface area contributed by atoms with E-state index in [1.165, 1.54) is 0 Å². The van der Waals surface area contributed by atoms with Gasteiger partial charge in [0.15, 0.2) is 0 Å². The molecule has 1 unspecified atom stereocenters. The van der Waals surface area contributed by atoms with Gasteiger partial charge in [-0.1, -0.05) is 0 Å². The first-order valence-corrected chi connectivity index (χ1v) is 7.67. The Morgan fingerprint density at radius 2 is 2.10 bits per heavy atom. The maximum Gasteiger partial charge on any atom is 0.326 e. The van der Waals surface area contributed by atoms with Crippen LogP contribution in [0.3, 0.4) is 0 Å². The van der Waals surface area contributed by atoms with Gasteiger partial charge in [0.05, 0.1) is 6.61 Å². The third kappa shape index (κ3) is 5.04. The van der Waals surface area contributed by atoms with Crippen molar-refractivity contribution < 1.29 is 14.3 Å². The normalized spacial score (nSPS) is 19.9. The lowest BCUT2D eigenvalue weighted by Gasteiger charge is -2.32.